The van der Waals surface area contributed by atoms with Crippen molar-refractivity contribution in [3.8, 4) is 0 Å². The number of amidine groups is 2. The Kier molecular flexibility index (Phi) is 3.28. The molecule has 0 amide bonds. The summed E-state index contributed by atoms with van der Waals surface area (Å²) in [4.78, 5) is 0. The summed E-state index contributed by atoms with van der Waals surface area (Å²) < 4.78 is 0. The van der Waals surface area contributed by atoms with E-state index in [1.165, 1.54) is 0 Å². The lowest BCUT2D eigenvalue weighted by Crippen LogP contribution is -2.14. The van der Waals surface area contributed by atoms with Gasteiger partial charge in [0, 0.05) is 12.8 Å². The summed E-state index contributed by atoms with van der Waals surface area (Å²) in [5, 5.41) is 16.9. The normalized spacial score (nSPS) is 10.4. The molecule has 0 aliphatic carbocycles. The summed E-state index contributed by atoms with van der Waals surface area (Å²) in [5.41, 5.74) is 13.0. The Labute approximate surface area is 106 Å². The average molecular weight is 240 g/mol. The molecule has 2 aromatic rings. The van der Waals surface area contributed by atoms with Crippen LogP contribution in [0.4, 0.5) is 0 Å². The van der Waals surface area contributed by atoms with E-state index in [9.17, 15) is 0 Å². The van der Waals surface area contributed by atoms with Crippen LogP contribution in [0, 0.1) is 10.8 Å². The zero-order valence-electron chi connectivity index (χ0n) is 10.0. The average Bonchev–Trinajstić information content (AvgIpc) is 2.29. The Morgan fingerprint density at radius 3 is 1.50 bits per heavy atom. The molecule has 0 radical (unpaired) electrons. The quantitative estimate of drug-likeness (QED) is 0.484. The highest BCUT2D eigenvalue weighted by Gasteiger charge is 2.06. The molecule has 2 aromatic carbocycles. The number of hydrogen-bond donors (Lipinski definition) is 4. The third-order valence-electron chi connectivity index (χ3n) is 2.86. The summed E-state index contributed by atoms with van der Waals surface area (Å²) in [5.74, 6) is 0.305. The fourth-order valence-corrected chi connectivity index (χ4v) is 2.16. The standard InChI is InChI=1S/C14H16N4/c15-13(16)7-9-3-1-5-11-10(8-14(17)18)4-2-6-12(9)11/h1-6H,7-8H2,(H3,15,16)(H3,17,18). The molecule has 92 valence electrons. The van der Waals surface area contributed by atoms with E-state index in [1.807, 2.05) is 36.4 Å². The first-order valence-electron chi connectivity index (χ1n) is 5.73. The summed E-state index contributed by atoms with van der Waals surface area (Å²) in [7, 11) is 0. The van der Waals surface area contributed by atoms with Crippen LogP contribution in [-0.4, -0.2) is 11.7 Å². The van der Waals surface area contributed by atoms with E-state index in [1.54, 1.807) is 0 Å². The van der Waals surface area contributed by atoms with Gasteiger partial charge < -0.3 is 11.5 Å². The number of fused-ring (bicyclic) bond motifs is 1. The van der Waals surface area contributed by atoms with Crippen molar-refractivity contribution in [3.63, 3.8) is 0 Å². The van der Waals surface area contributed by atoms with Gasteiger partial charge in [0.25, 0.3) is 0 Å². The van der Waals surface area contributed by atoms with E-state index >= 15 is 0 Å². The predicted octanol–water partition coefficient (Wildman–Crippen LogP) is 1.80. The number of rotatable bonds is 4. The van der Waals surface area contributed by atoms with Gasteiger partial charge in [-0.25, -0.2) is 0 Å². The van der Waals surface area contributed by atoms with Crippen LogP contribution in [0.15, 0.2) is 36.4 Å². The molecule has 0 saturated carbocycles. The number of benzene rings is 2. The maximum absolute atomic E-state index is 7.40. The second kappa shape index (κ2) is 4.87. The highest BCUT2D eigenvalue weighted by Crippen LogP contribution is 2.23. The maximum atomic E-state index is 7.40. The van der Waals surface area contributed by atoms with Gasteiger partial charge in [0.2, 0.25) is 0 Å². The minimum absolute atomic E-state index is 0.152. The van der Waals surface area contributed by atoms with Crippen molar-refractivity contribution in [2.24, 2.45) is 11.5 Å². The van der Waals surface area contributed by atoms with Crippen molar-refractivity contribution >= 4 is 22.4 Å². The van der Waals surface area contributed by atoms with Crippen LogP contribution in [0.3, 0.4) is 0 Å². The van der Waals surface area contributed by atoms with Crippen LogP contribution in [0.25, 0.3) is 10.8 Å². The zero-order valence-corrected chi connectivity index (χ0v) is 10.0. The lowest BCUT2D eigenvalue weighted by Gasteiger charge is -2.09. The van der Waals surface area contributed by atoms with Gasteiger partial charge >= 0.3 is 0 Å². The van der Waals surface area contributed by atoms with Gasteiger partial charge in [-0.3, -0.25) is 10.8 Å². The predicted molar refractivity (Wildman–Crippen MR) is 75.2 cm³/mol. The summed E-state index contributed by atoms with van der Waals surface area (Å²) in [6.07, 6.45) is 0.891. The monoisotopic (exact) mass is 240 g/mol. The highest BCUT2D eigenvalue weighted by molar-refractivity contribution is 5.94. The molecule has 18 heavy (non-hydrogen) atoms. The third kappa shape index (κ3) is 2.48. The molecule has 0 heterocycles. The molecule has 2 rings (SSSR count). The fourth-order valence-electron chi connectivity index (χ4n) is 2.16. The lowest BCUT2D eigenvalue weighted by atomic mass is 9.96. The van der Waals surface area contributed by atoms with E-state index in [2.05, 4.69) is 0 Å². The Morgan fingerprint density at radius 2 is 1.17 bits per heavy atom. The number of nitrogens with one attached hydrogen (secondary N) is 2. The maximum Gasteiger partial charge on any atom is 0.0950 e. The first kappa shape index (κ1) is 12.1. The molecule has 0 spiro atoms. The second-order valence-electron chi connectivity index (χ2n) is 4.33. The van der Waals surface area contributed by atoms with Gasteiger partial charge in [-0.2, -0.15) is 0 Å². The van der Waals surface area contributed by atoms with Gasteiger partial charge in [0.05, 0.1) is 11.7 Å². The van der Waals surface area contributed by atoms with Gasteiger partial charge in [-0.1, -0.05) is 36.4 Å². The largest absolute Gasteiger partial charge is 0.387 e. The van der Waals surface area contributed by atoms with E-state index in [0.717, 1.165) is 21.9 Å². The summed E-state index contributed by atoms with van der Waals surface area (Å²) >= 11 is 0. The van der Waals surface area contributed by atoms with Crippen molar-refractivity contribution < 1.29 is 0 Å². The topological polar surface area (TPSA) is 99.7 Å². The van der Waals surface area contributed by atoms with E-state index in [0.29, 0.717) is 12.8 Å². The molecule has 0 aliphatic heterocycles. The first-order valence-corrected chi connectivity index (χ1v) is 5.73. The number of hydrogen-bond acceptors (Lipinski definition) is 2. The minimum atomic E-state index is 0.152. The van der Waals surface area contributed by atoms with Crippen LogP contribution in [0.5, 0.6) is 0 Å². The molecule has 4 nitrogen and oxygen atoms in total. The SMILES string of the molecule is N=C(N)Cc1cccc2c(CC(=N)N)cccc12. The van der Waals surface area contributed by atoms with Crippen LogP contribution in [-0.2, 0) is 12.8 Å². The van der Waals surface area contributed by atoms with Gasteiger partial charge in [0.1, 0.15) is 0 Å². The van der Waals surface area contributed by atoms with Crippen molar-refractivity contribution in [2.75, 3.05) is 0 Å². The molecule has 0 aromatic heterocycles. The summed E-state index contributed by atoms with van der Waals surface area (Å²) in [6.45, 7) is 0. The van der Waals surface area contributed by atoms with Crippen molar-refractivity contribution in [3.05, 3.63) is 47.5 Å². The Morgan fingerprint density at radius 1 is 0.778 bits per heavy atom. The molecule has 0 aliphatic rings. The summed E-state index contributed by atoms with van der Waals surface area (Å²) in [6, 6.07) is 11.9. The second-order valence-corrected chi connectivity index (χ2v) is 4.33. The van der Waals surface area contributed by atoms with E-state index in [4.69, 9.17) is 22.3 Å². The smallest absolute Gasteiger partial charge is 0.0950 e. The van der Waals surface area contributed by atoms with E-state index in [-0.39, 0.29) is 11.7 Å². The van der Waals surface area contributed by atoms with Crippen LogP contribution >= 0.6 is 0 Å². The first-order chi connectivity index (χ1) is 8.58. The molecule has 4 heteroatoms. The molecule has 0 bridgehead atoms. The highest BCUT2D eigenvalue weighted by atomic mass is 14.7. The van der Waals surface area contributed by atoms with Gasteiger partial charge in [0.15, 0.2) is 0 Å². The zero-order chi connectivity index (χ0) is 13.1. The van der Waals surface area contributed by atoms with E-state index < -0.39 is 0 Å². The van der Waals surface area contributed by atoms with Crippen molar-refractivity contribution in [1.82, 2.24) is 0 Å². The van der Waals surface area contributed by atoms with Crippen LogP contribution in [0.1, 0.15) is 11.1 Å². The molecule has 6 N–H and O–H groups in total. The van der Waals surface area contributed by atoms with Crippen LogP contribution in [0.2, 0.25) is 0 Å². The molecule has 0 atom stereocenters. The van der Waals surface area contributed by atoms with Gasteiger partial charge in [-0.15, -0.1) is 0 Å². The molecule has 0 fully saturated rings. The Hall–Kier alpha value is -2.36. The molecular formula is C14H16N4. The van der Waals surface area contributed by atoms with Crippen molar-refractivity contribution in [2.45, 2.75) is 12.8 Å². The molecule has 0 saturated heterocycles. The molecular weight excluding hydrogens is 224 g/mol. The Bertz CT molecular complexity index is 561. The third-order valence-corrected chi connectivity index (χ3v) is 2.86. The Balaban J connectivity index is 2.57. The lowest BCUT2D eigenvalue weighted by molar-refractivity contribution is 1.25. The number of nitrogens with two attached hydrogens (primary N) is 2. The van der Waals surface area contributed by atoms with Crippen LogP contribution < -0.4 is 11.5 Å². The molecule has 0 unspecified atom stereocenters. The van der Waals surface area contributed by atoms with Gasteiger partial charge in [-0.05, 0) is 21.9 Å². The fraction of sp³-hybridized carbons (Fsp3) is 0.143. The minimum Gasteiger partial charge on any atom is -0.387 e. The van der Waals surface area contributed by atoms with Crippen molar-refractivity contribution in [1.29, 1.82) is 10.8 Å².